The molecule has 2 rings (SSSR count). The monoisotopic (exact) mass is 374 g/mol. The van der Waals surface area contributed by atoms with Crippen LogP contribution in [0.3, 0.4) is 0 Å². The minimum absolute atomic E-state index is 0.248. The molecule has 2 aromatic rings. The highest BCUT2D eigenvalue weighted by Crippen LogP contribution is 2.35. The van der Waals surface area contributed by atoms with Crippen molar-refractivity contribution >= 4 is 28.9 Å². The summed E-state index contributed by atoms with van der Waals surface area (Å²) in [7, 11) is 2.83. The number of benzene rings is 2. The highest BCUT2D eigenvalue weighted by molar-refractivity contribution is 6.32. The van der Waals surface area contributed by atoms with E-state index in [-0.39, 0.29) is 16.4 Å². The van der Waals surface area contributed by atoms with Crippen LogP contribution >= 0.6 is 11.6 Å². The Morgan fingerprint density at radius 1 is 1.04 bits per heavy atom. The maximum absolute atomic E-state index is 13.5. The maximum Gasteiger partial charge on any atom is 0.243 e. The SMILES string of the molecule is COc1cc(OC)c(NC(=O)CNc2ccc(F)c(F)c2F)cc1Cl. The van der Waals surface area contributed by atoms with Crippen LogP contribution in [0.2, 0.25) is 5.02 Å². The van der Waals surface area contributed by atoms with Gasteiger partial charge in [-0.3, -0.25) is 4.79 Å². The molecule has 134 valence electrons. The van der Waals surface area contributed by atoms with Gasteiger partial charge >= 0.3 is 0 Å². The zero-order valence-electron chi connectivity index (χ0n) is 13.3. The number of halogens is 4. The average Bonchev–Trinajstić information content (AvgIpc) is 2.59. The van der Waals surface area contributed by atoms with Crippen LogP contribution in [0, 0.1) is 17.5 Å². The fraction of sp³-hybridized carbons (Fsp3) is 0.188. The van der Waals surface area contributed by atoms with E-state index in [9.17, 15) is 18.0 Å². The highest BCUT2D eigenvalue weighted by Gasteiger charge is 2.15. The second-order valence-electron chi connectivity index (χ2n) is 4.81. The van der Waals surface area contributed by atoms with Gasteiger partial charge in [0, 0.05) is 6.07 Å². The second-order valence-corrected chi connectivity index (χ2v) is 5.22. The molecule has 0 aliphatic carbocycles. The van der Waals surface area contributed by atoms with Gasteiger partial charge in [0.25, 0.3) is 0 Å². The Morgan fingerprint density at radius 2 is 1.72 bits per heavy atom. The first-order valence-electron chi connectivity index (χ1n) is 6.96. The molecule has 0 heterocycles. The highest BCUT2D eigenvalue weighted by atomic mass is 35.5. The molecule has 2 N–H and O–H groups in total. The quantitative estimate of drug-likeness (QED) is 0.755. The fourth-order valence-corrected chi connectivity index (χ4v) is 2.23. The first-order valence-corrected chi connectivity index (χ1v) is 7.34. The number of anilines is 2. The molecular weight excluding hydrogens is 361 g/mol. The molecular formula is C16H14ClF3N2O3. The average molecular weight is 375 g/mol. The van der Waals surface area contributed by atoms with Gasteiger partial charge in [-0.15, -0.1) is 0 Å². The molecule has 25 heavy (non-hydrogen) atoms. The van der Waals surface area contributed by atoms with Crippen molar-refractivity contribution in [3.05, 3.63) is 46.7 Å². The molecule has 0 radical (unpaired) electrons. The summed E-state index contributed by atoms with van der Waals surface area (Å²) in [4.78, 5) is 12.0. The minimum Gasteiger partial charge on any atom is -0.495 e. The van der Waals surface area contributed by atoms with E-state index in [1.54, 1.807) is 0 Å². The molecule has 0 unspecified atom stereocenters. The lowest BCUT2D eigenvalue weighted by Gasteiger charge is -2.14. The minimum atomic E-state index is -1.62. The molecule has 0 saturated carbocycles. The number of hydrogen-bond acceptors (Lipinski definition) is 4. The number of methoxy groups -OCH3 is 2. The molecule has 0 aliphatic heterocycles. The molecule has 0 atom stereocenters. The second kappa shape index (κ2) is 7.98. The van der Waals surface area contributed by atoms with Crippen LogP contribution in [0.1, 0.15) is 0 Å². The van der Waals surface area contributed by atoms with Crippen LogP contribution in [-0.4, -0.2) is 26.7 Å². The number of nitrogens with one attached hydrogen (secondary N) is 2. The third-order valence-electron chi connectivity index (χ3n) is 3.22. The molecule has 0 bridgehead atoms. The summed E-state index contributed by atoms with van der Waals surface area (Å²) in [6.07, 6.45) is 0. The van der Waals surface area contributed by atoms with Crippen LogP contribution < -0.4 is 20.1 Å². The van der Waals surface area contributed by atoms with Crippen LogP contribution in [0.5, 0.6) is 11.5 Å². The molecule has 0 aromatic heterocycles. The Bertz CT molecular complexity index is 803. The van der Waals surface area contributed by atoms with Crippen LogP contribution in [-0.2, 0) is 4.79 Å². The zero-order chi connectivity index (χ0) is 18.6. The summed E-state index contributed by atoms with van der Waals surface area (Å²) in [5, 5.41) is 5.14. The van der Waals surface area contributed by atoms with Crippen molar-refractivity contribution in [2.45, 2.75) is 0 Å². The summed E-state index contributed by atoms with van der Waals surface area (Å²) < 4.78 is 49.7. The third-order valence-corrected chi connectivity index (χ3v) is 3.52. The van der Waals surface area contributed by atoms with Crippen molar-refractivity contribution in [3.8, 4) is 11.5 Å². The number of rotatable bonds is 6. The Morgan fingerprint density at radius 3 is 2.36 bits per heavy atom. The normalized spacial score (nSPS) is 10.3. The van der Waals surface area contributed by atoms with Gasteiger partial charge < -0.3 is 20.1 Å². The predicted octanol–water partition coefficient (Wildman–Crippen LogP) is 3.83. The number of ether oxygens (including phenoxy) is 2. The molecule has 0 fully saturated rings. The van der Waals surface area contributed by atoms with Crippen LogP contribution in [0.25, 0.3) is 0 Å². The Kier molecular flexibility index (Phi) is 5.97. The standard InChI is InChI=1S/C16H14ClF3N2O3/c1-24-12-6-13(25-2)11(5-8(12)17)22-14(23)7-21-10-4-3-9(18)15(19)16(10)20/h3-6,21H,7H2,1-2H3,(H,22,23). The van der Waals surface area contributed by atoms with Crippen molar-refractivity contribution in [1.29, 1.82) is 0 Å². The first kappa shape index (κ1) is 18.7. The van der Waals surface area contributed by atoms with Gasteiger partial charge in [0.15, 0.2) is 17.5 Å². The fourth-order valence-electron chi connectivity index (χ4n) is 1.99. The van der Waals surface area contributed by atoms with Crippen molar-refractivity contribution < 1.29 is 27.4 Å². The van der Waals surface area contributed by atoms with Crippen molar-refractivity contribution in [3.63, 3.8) is 0 Å². The van der Waals surface area contributed by atoms with Gasteiger partial charge in [0.05, 0.1) is 37.2 Å². The van der Waals surface area contributed by atoms with E-state index in [0.717, 1.165) is 12.1 Å². The van der Waals surface area contributed by atoms with Gasteiger partial charge in [0.1, 0.15) is 11.5 Å². The van der Waals surface area contributed by atoms with Gasteiger partial charge in [0.2, 0.25) is 5.91 Å². The van der Waals surface area contributed by atoms with Gasteiger partial charge in [-0.25, -0.2) is 13.2 Å². The van der Waals surface area contributed by atoms with E-state index in [2.05, 4.69) is 10.6 Å². The number of amides is 1. The molecule has 0 spiro atoms. The first-order chi connectivity index (χ1) is 11.9. The summed E-state index contributed by atoms with van der Waals surface area (Å²) in [6.45, 7) is -0.394. The lowest BCUT2D eigenvalue weighted by atomic mass is 10.2. The summed E-state index contributed by atoms with van der Waals surface area (Å²) in [5.41, 5.74) is -0.0698. The predicted molar refractivity (Wildman–Crippen MR) is 88.0 cm³/mol. The molecule has 5 nitrogen and oxygen atoms in total. The largest absolute Gasteiger partial charge is 0.495 e. The topological polar surface area (TPSA) is 59.6 Å². The smallest absolute Gasteiger partial charge is 0.243 e. The number of carbonyl (C=O) groups excluding carboxylic acids is 1. The molecule has 0 saturated heterocycles. The van der Waals surface area contributed by atoms with Crippen molar-refractivity contribution in [2.24, 2.45) is 0 Å². The lowest BCUT2D eigenvalue weighted by molar-refractivity contribution is -0.114. The van der Waals surface area contributed by atoms with E-state index in [1.807, 2.05) is 0 Å². The summed E-state index contributed by atoms with van der Waals surface area (Å²) >= 11 is 5.99. The summed E-state index contributed by atoms with van der Waals surface area (Å²) in [6, 6.07) is 4.66. The Hall–Kier alpha value is -2.61. The number of hydrogen-bond donors (Lipinski definition) is 2. The molecule has 0 aliphatic rings. The Labute approximate surface area is 146 Å². The van der Waals surface area contributed by atoms with Crippen molar-refractivity contribution in [1.82, 2.24) is 0 Å². The van der Waals surface area contributed by atoms with Crippen LogP contribution in [0.4, 0.5) is 24.5 Å². The lowest BCUT2D eigenvalue weighted by Crippen LogP contribution is -2.22. The Balaban J connectivity index is 2.08. The van der Waals surface area contributed by atoms with Gasteiger partial charge in [-0.1, -0.05) is 11.6 Å². The van der Waals surface area contributed by atoms with Crippen molar-refractivity contribution in [2.75, 3.05) is 31.4 Å². The third kappa shape index (κ3) is 4.27. The van der Waals surface area contributed by atoms with E-state index in [1.165, 1.54) is 26.4 Å². The van der Waals surface area contributed by atoms with Gasteiger partial charge in [-0.05, 0) is 18.2 Å². The molecule has 2 aromatic carbocycles. The van der Waals surface area contributed by atoms with E-state index < -0.39 is 29.9 Å². The number of carbonyl (C=O) groups is 1. The van der Waals surface area contributed by atoms with E-state index >= 15 is 0 Å². The zero-order valence-corrected chi connectivity index (χ0v) is 14.0. The maximum atomic E-state index is 13.5. The van der Waals surface area contributed by atoms with Gasteiger partial charge in [-0.2, -0.15) is 0 Å². The summed E-state index contributed by atoms with van der Waals surface area (Å²) in [5.74, 6) is -4.26. The molecule has 1 amide bonds. The van der Waals surface area contributed by atoms with E-state index in [0.29, 0.717) is 11.5 Å². The van der Waals surface area contributed by atoms with E-state index in [4.69, 9.17) is 21.1 Å². The molecule has 9 heteroatoms. The van der Waals surface area contributed by atoms with Crippen LogP contribution in [0.15, 0.2) is 24.3 Å².